The molecule has 1 aliphatic heterocycles. The maximum atomic E-state index is 12.2. The van der Waals surface area contributed by atoms with Crippen LogP contribution in [0, 0.1) is 5.92 Å². The number of carbonyl (C=O) groups is 2. The number of amides is 1. The topological polar surface area (TPSA) is 46.6 Å². The van der Waals surface area contributed by atoms with Gasteiger partial charge in [0, 0.05) is 23.1 Å². The summed E-state index contributed by atoms with van der Waals surface area (Å²) in [5.41, 5.74) is 0.891. The molecule has 0 aliphatic carbocycles. The molecular formula is C15H19NO3S. The molecule has 1 aromatic rings. The largest absolute Gasteiger partial charge is 0.469 e. The van der Waals surface area contributed by atoms with Crippen LogP contribution in [0.25, 0.3) is 0 Å². The van der Waals surface area contributed by atoms with Crippen molar-refractivity contribution in [2.75, 3.05) is 18.6 Å². The van der Waals surface area contributed by atoms with E-state index in [0.29, 0.717) is 11.8 Å². The number of anilines is 1. The predicted octanol–water partition coefficient (Wildman–Crippen LogP) is 2.71. The first kappa shape index (κ1) is 14.9. The summed E-state index contributed by atoms with van der Waals surface area (Å²) in [6.07, 6.45) is 0.230. The van der Waals surface area contributed by atoms with E-state index in [1.54, 1.807) is 16.7 Å². The fourth-order valence-corrected chi connectivity index (χ4v) is 3.26. The third kappa shape index (κ3) is 3.15. The summed E-state index contributed by atoms with van der Waals surface area (Å²) >= 11 is 1.72. The van der Waals surface area contributed by atoms with Crippen molar-refractivity contribution in [2.24, 2.45) is 5.92 Å². The van der Waals surface area contributed by atoms with Gasteiger partial charge in [-0.15, -0.1) is 11.8 Å². The molecular weight excluding hydrogens is 274 g/mol. The molecule has 0 spiro atoms. The highest BCUT2D eigenvalue weighted by atomic mass is 32.2. The van der Waals surface area contributed by atoms with Gasteiger partial charge in [0.15, 0.2) is 0 Å². The third-order valence-corrected chi connectivity index (χ3v) is 4.25. The van der Waals surface area contributed by atoms with Gasteiger partial charge in [-0.25, -0.2) is 0 Å². The molecule has 0 saturated carbocycles. The van der Waals surface area contributed by atoms with Crippen LogP contribution >= 0.6 is 11.8 Å². The molecule has 0 N–H and O–H groups in total. The molecule has 1 unspecified atom stereocenters. The number of ether oxygens (including phenoxy) is 1. The van der Waals surface area contributed by atoms with Crippen molar-refractivity contribution in [3.8, 4) is 0 Å². The minimum absolute atomic E-state index is 0.0165. The van der Waals surface area contributed by atoms with Crippen LogP contribution < -0.4 is 4.90 Å². The van der Waals surface area contributed by atoms with Gasteiger partial charge in [-0.05, 0) is 12.1 Å². The van der Waals surface area contributed by atoms with E-state index in [2.05, 4.69) is 13.8 Å². The summed E-state index contributed by atoms with van der Waals surface area (Å²) in [6, 6.07) is 7.83. The lowest BCUT2D eigenvalue weighted by Gasteiger charge is -2.20. The standard InChI is InChI=1S/C15H19NO3S/c1-10(2)20-13-7-5-4-6-12(13)16-9-11(8-14(16)17)15(18)19-3/h4-7,10-11H,8-9H2,1-3H3. The smallest absolute Gasteiger partial charge is 0.311 e. The Bertz CT molecular complexity index is 516. The van der Waals surface area contributed by atoms with E-state index in [1.807, 2.05) is 24.3 Å². The molecule has 0 bridgehead atoms. The number of para-hydroxylation sites is 1. The van der Waals surface area contributed by atoms with Gasteiger partial charge in [-0.2, -0.15) is 0 Å². The first-order valence-electron chi connectivity index (χ1n) is 6.66. The monoisotopic (exact) mass is 293 g/mol. The van der Waals surface area contributed by atoms with Crippen LogP contribution in [0.4, 0.5) is 5.69 Å². The Hall–Kier alpha value is -1.49. The van der Waals surface area contributed by atoms with Crippen molar-refractivity contribution in [3.63, 3.8) is 0 Å². The lowest BCUT2D eigenvalue weighted by molar-refractivity contribution is -0.145. The maximum absolute atomic E-state index is 12.2. The van der Waals surface area contributed by atoms with E-state index in [0.717, 1.165) is 10.6 Å². The highest BCUT2D eigenvalue weighted by Crippen LogP contribution is 2.35. The van der Waals surface area contributed by atoms with Crippen LogP contribution in [0.3, 0.4) is 0 Å². The Morgan fingerprint density at radius 2 is 2.10 bits per heavy atom. The van der Waals surface area contributed by atoms with E-state index in [1.165, 1.54) is 7.11 Å². The first-order chi connectivity index (χ1) is 9.52. The molecule has 0 aromatic heterocycles. The summed E-state index contributed by atoms with van der Waals surface area (Å²) in [6.45, 7) is 4.64. The van der Waals surface area contributed by atoms with Gasteiger partial charge < -0.3 is 9.64 Å². The van der Waals surface area contributed by atoms with Gasteiger partial charge in [-0.3, -0.25) is 9.59 Å². The fourth-order valence-electron chi connectivity index (χ4n) is 2.30. The van der Waals surface area contributed by atoms with Gasteiger partial charge in [0.05, 0.1) is 18.7 Å². The molecule has 4 nitrogen and oxygen atoms in total. The highest BCUT2D eigenvalue weighted by molar-refractivity contribution is 8.00. The van der Waals surface area contributed by atoms with Crippen molar-refractivity contribution >= 4 is 29.3 Å². The molecule has 2 rings (SSSR count). The zero-order chi connectivity index (χ0) is 14.7. The van der Waals surface area contributed by atoms with Crippen LogP contribution in [0.2, 0.25) is 0 Å². The number of rotatable bonds is 4. The molecule has 5 heteroatoms. The second kappa shape index (κ2) is 6.31. The Morgan fingerprint density at radius 3 is 2.75 bits per heavy atom. The van der Waals surface area contributed by atoms with Crippen LogP contribution in [-0.4, -0.2) is 30.8 Å². The number of hydrogen-bond acceptors (Lipinski definition) is 4. The molecule has 1 aliphatic rings. The molecule has 1 saturated heterocycles. The van der Waals surface area contributed by atoms with Gasteiger partial charge in [-0.1, -0.05) is 26.0 Å². The number of benzene rings is 1. The summed E-state index contributed by atoms with van der Waals surface area (Å²) in [5, 5.41) is 0.435. The first-order valence-corrected chi connectivity index (χ1v) is 7.54. The zero-order valence-corrected chi connectivity index (χ0v) is 12.8. The van der Waals surface area contributed by atoms with Crippen molar-refractivity contribution in [1.82, 2.24) is 0 Å². The molecule has 1 aromatic carbocycles. The number of methoxy groups -OCH3 is 1. The summed E-state index contributed by atoms with van der Waals surface area (Å²) in [5.74, 6) is -0.684. The number of nitrogens with zero attached hydrogens (tertiary/aromatic N) is 1. The number of esters is 1. The van der Waals surface area contributed by atoms with E-state index in [4.69, 9.17) is 4.74 Å². The number of thioether (sulfide) groups is 1. The Morgan fingerprint density at radius 1 is 1.40 bits per heavy atom. The van der Waals surface area contributed by atoms with Gasteiger partial charge >= 0.3 is 5.97 Å². The third-order valence-electron chi connectivity index (χ3n) is 3.18. The van der Waals surface area contributed by atoms with E-state index in [-0.39, 0.29) is 24.2 Å². The molecule has 1 fully saturated rings. The van der Waals surface area contributed by atoms with Gasteiger partial charge in [0.1, 0.15) is 0 Å². The Kier molecular flexibility index (Phi) is 4.70. The lowest BCUT2D eigenvalue weighted by Crippen LogP contribution is -2.26. The average molecular weight is 293 g/mol. The second-order valence-corrected chi connectivity index (χ2v) is 6.68. The quantitative estimate of drug-likeness (QED) is 0.632. The molecule has 20 heavy (non-hydrogen) atoms. The van der Waals surface area contributed by atoms with Crippen molar-refractivity contribution in [1.29, 1.82) is 0 Å². The predicted molar refractivity (Wildman–Crippen MR) is 79.9 cm³/mol. The van der Waals surface area contributed by atoms with Crippen molar-refractivity contribution in [3.05, 3.63) is 24.3 Å². The summed E-state index contributed by atoms with van der Waals surface area (Å²) in [7, 11) is 1.36. The molecule has 1 atom stereocenters. The zero-order valence-electron chi connectivity index (χ0n) is 12.0. The number of carbonyl (C=O) groups excluding carboxylic acids is 2. The average Bonchev–Trinajstić information content (AvgIpc) is 2.80. The summed E-state index contributed by atoms with van der Waals surface area (Å²) < 4.78 is 4.74. The van der Waals surface area contributed by atoms with E-state index >= 15 is 0 Å². The summed E-state index contributed by atoms with van der Waals surface area (Å²) in [4.78, 5) is 26.5. The molecule has 108 valence electrons. The van der Waals surface area contributed by atoms with Gasteiger partial charge in [0.2, 0.25) is 5.91 Å². The van der Waals surface area contributed by atoms with E-state index < -0.39 is 0 Å². The van der Waals surface area contributed by atoms with E-state index in [9.17, 15) is 9.59 Å². The van der Waals surface area contributed by atoms with Crippen molar-refractivity contribution < 1.29 is 14.3 Å². The molecule has 1 heterocycles. The Labute approximate surface area is 123 Å². The number of hydrogen-bond donors (Lipinski definition) is 0. The minimum atomic E-state index is -0.357. The molecule has 1 amide bonds. The Balaban J connectivity index is 2.24. The van der Waals surface area contributed by atoms with Crippen LogP contribution in [0.15, 0.2) is 29.2 Å². The SMILES string of the molecule is COC(=O)C1CC(=O)N(c2ccccc2SC(C)C)C1. The maximum Gasteiger partial charge on any atom is 0.311 e. The lowest BCUT2D eigenvalue weighted by atomic mass is 10.1. The van der Waals surface area contributed by atoms with Crippen LogP contribution in [-0.2, 0) is 14.3 Å². The van der Waals surface area contributed by atoms with Crippen LogP contribution in [0.1, 0.15) is 20.3 Å². The molecule has 0 radical (unpaired) electrons. The van der Waals surface area contributed by atoms with Crippen molar-refractivity contribution in [2.45, 2.75) is 30.4 Å². The minimum Gasteiger partial charge on any atom is -0.469 e. The highest BCUT2D eigenvalue weighted by Gasteiger charge is 2.36. The second-order valence-electron chi connectivity index (χ2n) is 5.06. The normalized spacial score (nSPS) is 18.7. The fraction of sp³-hybridized carbons (Fsp3) is 0.467. The van der Waals surface area contributed by atoms with Crippen LogP contribution in [0.5, 0.6) is 0 Å². The van der Waals surface area contributed by atoms with Gasteiger partial charge in [0.25, 0.3) is 0 Å².